The van der Waals surface area contributed by atoms with Gasteiger partial charge in [-0.1, -0.05) is 36.4 Å². The zero-order valence-corrected chi connectivity index (χ0v) is 13.0. The molecule has 4 nitrogen and oxygen atoms in total. The minimum atomic E-state index is 0.268. The highest BCUT2D eigenvalue weighted by Crippen LogP contribution is 2.25. The third kappa shape index (κ3) is 2.86. The lowest BCUT2D eigenvalue weighted by Gasteiger charge is -2.09. The van der Waals surface area contributed by atoms with Gasteiger partial charge in [-0.3, -0.25) is 0 Å². The summed E-state index contributed by atoms with van der Waals surface area (Å²) >= 11 is 0. The first-order chi connectivity index (χ1) is 10.6. The number of aryl methyl sites for hydroxylation is 3. The Kier molecular flexibility index (Phi) is 3.92. The van der Waals surface area contributed by atoms with Crippen molar-refractivity contribution in [2.45, 2.75) is 27.4 Å². The average molecular weight is 294 g/mol. The fourth-order valence-electron chi connectivity index (χ4n) is 2.39. The van der Waals surface area contributed by atoms with E-state index in [1.807, 2.05) is 63.2 Å². The number of hydrogen-bond donors (Lipinski definition) is 0. The first kappa shape index (κ1) is 14.3. The third-order valence-corrected chi connectivity index (χ3v) is 3.59. The van der Waals surface area contributed by atoms with Crippen LogP contribution < -0.4 is 4.74 Å². The highest BCUT2D eigenvalue weighted by Gasteiger charge is 2.12. The summed E-state index contributed by atoms with van der Waals surface area (Å²) in [5.74, 6) is 1.87. The SMILES string of the molecule is Cc1ccccc1-c1nnc(COc2c(C)cccc2C)o1. The van der Waals surface area contributed by atoms with Gasteiger partial charge in [-0.05, 0) is 43.5 Å². The van der Waals surface area contributed by atoms with Gasteiger partial charge in [-0.25, -0.2) is 0 Å². The van der Waals surface area contributed by atoms with E-state index in [-0.39, 0.29) is 6.61 Å². The summed E-state index contributed by atoms with van der Waals surface area (Å²) in [4.78, 5) is 0. The first-order valence-corrected chi connectivity index (χ1v) is 7.22. The molecule has 22 heavy (non-hydrogen) atoms. The third-order valence-electron chi connectivity index (χ3n) is 3.59. The lowest BCUT2D eigenvalue weighted by Crippen LogP contribution is -1.99. The maximum Gasteiger partial charge on any atom is 0.254 e. The Hall–Kier alpha value is -2.62. The van der Waals surface area contributed by atoms with Gasteiger partial charge in [0.15, 0.2) is 6.61 Å². The van der Waals surface area contributed by atoms with E-state index in [1.165, 1.54) is 0 Å². The molecule has 0 radical (unpaired) electrons. The van der Waals surface area contributed by atoms with Crippen molar-refractivity contribution in [1.82, 2.24) is 10.2 Å². The fraction of sp³-hybridized carbons (Fsp3) is 0.222. The maximum atomic E-state index is 5.84. The molecule has 0 aliphatic rings. The van der Waals surface area contributed by atoms with E-state index in [2.05, 4.69) is 10.2 Å². The topological polar surface area (TPSA) is 48.2 Å². The molecule has 0 saturated carbocycles. The summed E-state index contributed by atoms with van der Waals surface area (Å²) in [6.45, 7) is 6.33. The normalized spacial score (nSPS) is 10.7. The van der Waals surface area contributed by atoms with Gasteiger partial charge in [-0.15, -0.1) is 10.2 Å². The van der Waals surface area contributed by atoms with Crippen molar-refractivity contribution in [1.29, 1.82) is 0 Å². The van der Waals surface area contributed by atoms with Crippen LogP contribution in [0.25, 0.3) is 11.5 Å². The van der Waals surface area contributed by atoms with E-state index < -0.39 is 0 Å². The molecule has 1 aromatic heterocycles. The smallest absolute Gasteiger partial charge is 0.254 e. The van der Waals surface area contributed by atoms with E-state index in [1.54, 1.807) is 0 Å². The van der Waals surface area contributed by atoms with Crippen LogP contribution in [0.2, 0.25) is 0 Å². The summed E-state index contributed by atoms with van der Waals surface area (Å²) in [6, 6.07) is 14.0. The summed E-state index contributed by atoms with van der Waals surface area (Å²) < 4.78 is 11.5. The van der Waals surface area contributed by atoms with Crippen molar-refractivity contribution in [3.05, 3.63) is 65.0 Å². The molecule has 3 rings (SSSR count). The maximum absolute atomic E-state index is 5.84. The van der Waals surface area contributed by atoms with E-state index in [0.29, 0.717) is 11.8 Å². The second-order valence-corrected chi connectivity index (χ2v) is 5.33. The lowest BCUT2D eigenvalue weighted by atomic mass is 10.1. The fourth-order valence-corrected chi connectivity index (χ4v) is 2.39. The lowest BCUT2D eigenvalue weighted by molar-refractivity contribution is 0.261. The molecule has 1 heterocycles. The highest BCUT2D eigenvalue weighted by molar-refractivity contribution is 5.57. The summed E-state index contributed by atoms with van der Waals surface area (Å²) in [5.41, 5.74) is 4.25. The van der Waals surface area contributed by atoms with Crippen LogP contribution in [0.4, 0.5) is 0 Å². The Balaban J connectivity index is 1.77. The molecule has 2 aromatic carbocycles. The molecule has 0 unspecified atom stereocenters. The van der Waals surface area contributed by atoms with Crippen LogP contribution in [0, 0.1) is 20.8 Å². The number of ether oxygens (including phenoxy) is 1. The monoisotopic (exact) mass is 294 g/mol. The van der Waals surface area contributed by atoms with Gasteiger partial charge >= 0.3 is 0 Å². The summed E-state index contributed by atoms with van der Waals surface area (Å²) in [5, 5.41) is 8.17. The van der Waals surface area contributed by atoms with Crippen LogP contribution in [-0.2, 0) is 6.61 Å². The van der Waals surface area contributed by atoms with Crippen molar-refractivity contribution >= 4 is 0 Å². The molecular weight excluding hydrogens is 276 g/mol. The number of aromatic nitrogens is 2. The van der Waals surface area contributed by atoms with E-state index in [4.69, 9.17) is 9.15 Å². The second-order valence-electron chi connectivity index (χ2n) is 5.33. The Bertz CT molecular complexity index is 773. The van der Waals surface area contributed by atoms with Gasteiger partial charge in [0.2, 0.25) is 5.89 Å². The molecule has 0 saturated heterocycles. The van der Waals surface area contributed by atoms with Gasteiger partial charge in [0.25, 0.3) is 5.89 Å². The predicted molar refractivity (Wildman–Crippen MR) is 84.7 cm³/mol. The molecule has 0 aliphatic carbocycles. The molecule has 4 heteroatoms. The molecule has 0 bridgehead atoms. The molecule has 0 spiro atoms. The minimum absolute atomic E-state index is 0.268. The first-order valence-electron chi connectivity index (χ1n) is 7.22. The zero-order valence-electron chi connectivity index (χ0n) is 13.0. The molecule has 0 atom stereocenters. The second kappa shape index (κ2) is 6.02. The van der Waals surface area contributed by atoms with Crippen LogP contribution in [-0.4, -0.2) is 10.2 Å². The average Bonchev–Trinajstić information content (AvgIpc) is 2.96. The number of rotatable bonds is 4. The van der Waals surface area contributed by atoms with Crippen LogP contribution in [0.5, 0.6) is 5.75 Å². The minimum Gasteiger partial charge on any atom is -0.483 e. The van der Waals surface area contributed by atoms with E-state index >= 15 is 0 Å². The molecule has 0 N–H and O–H groups in total. The van der Waals surface area contributed by atoms with Gasteiger partial charge in [0.05, 0.1) is 0 Å². The molecule has 0 amide bonds. The van der Waals surface area contributed by atoms with Gasteiger partial charge in [0.1, 0.15) is 5.75 Å². The Labute approximate surface area is 129 Å². The number of hydrogen-bond acceptors (Lipinski definition) is 4. The number of para-hydroxylation sites is 1. The molecule has 0 fully saturated rings. The van der Waals surface area contributed by atoms with Crippen molar-refractivity contribution in [2.24, 2.45) is 0 Å². The van der Waals surface area contributed by atoms with Crippen LogP contribution >= 0.6 is 0 Å². The quantitative estimate of drug-likeness (QED) is 0.722. The largest absolute Gasteiger partial charge is 0.483 e. The molecule has 112 valence electrons. The van der Waals surface area contributed by atoms with Gasteiger partial charge in [0, 0.05) is 5.56 Å². The van der Waals surface area contributed by atoms with E-state index in [0.717, 1.165) is 28.0 Å². The van der Waals surface area contributed by atoms with Crippen LogP contribution in [0.1, 0.15) is 22.6 Å². The summed E-state index contributed by atoms with van der Waals surface area (Å²) in [7, 11) is 0. The van der Waals surface area contributed by atoms with Crippen molar-refractivity contribution in [3.63, 3.8) is 0 Å². The number of benzene rings is 2. The van der Waals surface area contributed by atoms with Gasteiger partial charge < -0.3 is 9.15 Å². The Morgan fingerprint density at radius 3 is 2.27 bits per heavy atom. The Morgan fingerprint density at radius 2 is 1.55 bits per heavy atom. The number of nitrogens with zero attached hydrogens (tertiary/aromatic N) is 2. The predicted octanol–water partition coefficient (Wildman–Crippen LogP) is 4.24. The van der Waals surface area contributed by atoms with Crippen LogP contribution in [0.3, 0.4) is 0 Å². The van der Waals surface area contributed by atoms with Crippen molar-refractivity contribution in [2.75, 3.05) is 0 Å². The highest BCUT2D eigenvalue weighted by atomic mass is 16.5. The summed E-state index contributed by atoms with van der Waals surface area (Å²) in [6.07, 6.45) is 0. The zero-order chi connectivity index (χ0) is 15.5. The van der Waals surface area contributed by atoms with Crippen LogP contribution in [0.15, 0.2) is 46.9 Å². The standard InChI is InChI=1S/C18H18N2O2/c1-12-7-4-5-10-15(12)18-20-19-16(22-18)11-21-17-13(2)8-6-9-14(17)3/h4-10H,11H2,1-3H3. The van der Waals surface area contributed by atoms with E-state index in [9.17, 15) is 0 Å². The Morgan fingerprint density at radius 1 is 0.864 bits per heavy atom. The van der Waals surface area contributed by atoms with Crippen molar-refractivity contribution in [3.8, 4) is 17.2 Å². The molecule has 3 aromatic rings. The van der Waals surface area contributed by atoms with Crippen molar-refractivity contribution < 1.29 is 9.15 Å². The molecule has 0 aliphatic heterocycles. The van der Waals surface area contributed by atoms with Gasteiger partial charge in [-0.2, -0.15) is 0 Å². The molecular formula is C18H18N2O2.